The highest BCUT2D eigenvalue weighted by atomic mass is 127. The van der Waals surface area contributed by atoms with Crippen LogP contribution >= 0.6 is 0 Å². The Labute approximate surface area is 348 Å². The molecule has 0 aliphatic rings. The summed E-state index contributed by atoms with van der Waals surface area (Å²) in [5, 5.41) is 0. The minimum absolute atomic E-state index is 0. The first kappa shape index (κ1) is 55.1. The van der Waals surface area contributed by atoms with Gasteiger partial charge in [0.05, 0.1) is 34.4 Å². The minimum atomic E-state index is -0.682. The Morgan fingerprint density at radius 1 is 0.434 bits per heavy atom. The van der Waals surface area contributed by atoms with Gasteiger partial charge in [-0.2, -0.15) is 0 Å². The lowest BCUT2D eigenvalue weighted by Crippen LogP contribution is -3.00. The molecule has 0 heterocycles. The fraction of sp³-hybridized carbons (Fsp3) is 0.913. The van der Waals surface area contributed by atoms with Crippen molar-refractivity contribution < 1.29 is 52.1 Å². The fourth-order valence-electron chi connectivity index (χ4n) is 6.20. The summed E-state index contributed by atoms with van der Waals surface area (Å²) in [6.45, 7) is 7.83. The molecule has 0 aromatic rings. The number of quaternary nitrogens is 1. The molecular weight excluding hydrogens is 773 g/mol. The highest BCUT2D eigenvalue weighted by molar-refractivity contribution is 4.82. The van der Waals surface area contributed by atoms with Gasteiger partial charge in [0.15, 0.2) is 0 Å². The zero-order chi connectivity index (χ0) is 38.1. The lowest BCUT2D eigenvalue weighted by atomic mass is 10.1. The molecule has 53 heavy (non-hydrogen) atoms. The van der Waals surface area contributed by atoms with Crippen LogP contribution in [0.1, 0.15) is 194 Å². The molecule has 0 fully saturated rings. The van der Waals surface area contributed by atoms with Crippen LogP contribution in [0.2, 0.25) is 0 Å². The van der Waals surface area contributed by atoms with Gasteiger partial charge in [0, 0.05) is 20.3 Å². The van der Waals surface area contributed by atoms with Gasteiger partial charge >= 0.3 is 0 Å². The number of hydrogen-bond donors (Lipinski definition) is 0. The summed E-state index contributed by atoms with van der Waals surface area (Å²) >= 11 is 0. The quantitative estimate of drug-likeness (QED) is 0.0201. The van der Waals surface area contributed by atoms with E-state index in [0.29, 0.717) is 19.8 Å². The molecule has 0 saturated heterocycles. The van der Waals surface area contributed by atoms with Crippen molar-refractivity contribution in [1.82, 2.24) is 0 Å². The number of hydrogen-bond acceptors (Lipinski definition) is 5. The maximum absolute atomic E-state index is 6.27. The minimum Gasteiger partial charge on any atom is -1.00 e. The molecule has 0 rings (SSSR count). The Kier molecular flexibility index (Phi) is 46.4. The normalized spacial score (nSPS) is 13.3. The first-order valence-corrected chi connectivity index (χ1v) is 22.5. The van der Waals surface area contributed by atoms with Crippen LogP contribution in [0.5, 0.6) is 0 Å². The Morgan fingerprint density at radius 3 is 1.25 bits per heavy atom. The third kappa shape index (κ3) is 46.2. The molecule has 0 N–H and O–H groups in total. The van der Waals surface area contributed by atoms with Gasteiger partial charge in [-0.25, -0.2) is 0 Å². The lowest BCUT2D eigenvalue weighted by Gasteiger charge is -2.26. The van der Waals surface area contributed by atoms with Crippen LogP contribution in [-0.4, -0.2) is 84.9 Å². The molecule has 0 aliphatic carbocycles. The summed E-state index contributed by atoms with van der Waals surface area (Å²) in [6.07, 6.45) is 46.3. The van der Waals surface area contributed by atoms with Crippen molar-refractivity contribution in [3.63, 3.8) is 0 Å². The number of nitrogens with zero attached hydrogens (tertiary/aromatic N) is 1. The van der Waals surface area contributed by atoms with Gasteiger partial charge in [-0.3, -0.25) is 0 Å². The van der Waals surface area contributed by atoms with Gasteiger partial charge in [-0.15, -0.1) is 0 Å². The highest BCUT2D eigenvalue weighted by Gasteiger charge is 2.17. The van der Waals surface area contributed by atoms with Gasteiger partial charge < -0.3 is 52.1 Å². The van der Waals surface area contributed by atoms with Gasteiger partial charge in [0.25, 0.3) is 6.48 Å². The number of ether oxygens (including phenoxy) is 5. The Bertz CT molecular complexity index is 744. The first-order chi connectivity index (χ1) is 25.4. The van der Waals surface area contributed by atoms with Crippen LogP contribution in [0.3, 0.4) is 0 Å². The van der Waals surface area contributed by atoms with Crippen molar-refractivity contribution in [2.75, 3.05) is 67.8 Å². The third-order valence-corrected chi connectivity index (χ3v) is 9.74. The van der Waals surface area contributed by atoms with E-state index in [1.165, 1.54) is 167 Å². The van der Waals surface area contributed by atoms with Gasteiger partial charge in [-0.1, -0.05) is 154 Å². The van der Waals surface area contributed by atoms with Gasteiger partial charge in [-0.05, 0) is 64.2 Å². The molecule has 0 spiro atoms. The lowest BCUT2D eigenvalue weighted by molar-refractivity contribution is -0.871. The maximum Gasteiger partial charge on any atom is 0.271 e. The second-order valence-electron chi connectivity index (χ2n) is 16.2. The summed E-state index contributed by atoms with van der Waals surface area (Å²) in [6, 6.07) is 0. The predicted molar refractivity (Wildman–Crippen MR) is 225 cm³/mol. The van der Waals surface area contributed by atoms with Crippen molar-refractivity contribution in [2.45, 2.75) is 206 Å². The Morgan fingerprint density at radius 2 is 0.830 bits per heavy atom. The molecule has 0 saturated carbocycles. The molecule has 318 valence electrons. The maximum atomic E-state index is 6.27. The molecule has 2 atom stereocenters. The third-order valence-electron chi connectivity index (χ3n) is 9.74. The van der Waals surface area contributed by atoms with E-state index < -0.39 is 6.48 Å². The zero-order valence-electron chi connectivity index (χ0n) is 36.4. The molecule has 7 heteroatoms. The predicted octanol–water partition coefficient (Wildman–Crippen LogP) is 10.1. The van der Waals surface area contributed by atoms with Crippen LogP contribution < -0.4 is 24.0 Å². The summed E-state index contributed by atoms with van der Waals surface area (Å²) in [5.74, 6) is 0. The van der Waals surface area contributed by atoms with Crippen molar-refractivity contribution in [2.24, 2.45) is 0 Å². The van der Waals surface area contributed by atoms with Crippen LogP contribution in [0.15, 0.2) is 24.3 Å². The first-order valence-electron chi connectivity index (χ1n) is 22.5. The van der Waals surface area contributed by atoms with E-state index in [0.717, 1.165) is 37.1 Å². The van der Waals surface area contributed by atoms with Crippen molar-refractivity contribution in [3.05, 3.63) is 24.3 Å². The Hall–Kier alpha value is -0.0300. The van der Waals surface area contributed by atoms with E-state index in [2.05, 4.69) is 59.3 Å². The molecule has 2 unspecified atom stereocenters. The van der Waals surface area contributed by atoms with E-state index in [4.69, 9.17) is 23.7 Å². The van der Waals surface area contributed by atoms with Crippen molar-refractivity contribution >= 4 is 0 Å². The molecule has 0 radical (unpaired) electrons. The van der Waals surface area contributed by atoms with E-state index >= 15 is 0 Å². The highest BCUT2D eigenvalue weighted by Crippen LogP contribution is 2.13. The average Bonchev–Trinajstić information content (AvgIpc) is 3.12. The number of methoxy groups -OCH3 is 1. The van der Waals surface area contributed by atoms with E-state index in [-0.39, 0.29) is 30.1 Å². The zero-order valence-corrected chi connectivity index (χ0v) is 38.5. The second kappa shape index (κ2) is 44.7. The van der Waals surface area contributed by atoms with E-state index in [1.54, 1.807) is 7.11 Å². The SMILES string of the molecule is CCCCCCCC/C=C\CCCCCCCCOCC(COC(OC)OCC[N+](C)(C)C)OCCCCCCCC/C=C\CCCCCCCC.[I-]. The Balaban J connectivity index is 0. The van der Waals surface area contributed by atoms with Crippen LogP contribution in [-0.2, 0) is 23.7 Å². The largest absolute Gasteiger partial charge is 1.00 e. The average molecular weight is 866 g/mol. The summed E-state index contributed by atoms with van der Waals surface area (Å²) in [5.41, 5.74) is 0. The summed E-state index contributed by atoms with van der Waals surface area (Å²) in [4.78, 5) is 0. The second-order valence-corrected chi connectivity index (χ2v) is 16.2. The molecule has 0 aromatic heterocycles. The standard InChI is InChI=1S/C46H92NO5.HI/c1-7-9-11-13-15-17-19-21-23-25-27-29-31-33-35-37-40-49-43-45(44-52-46(48-6)51-42-39-47(3,4)5)50-41-38-36-34-32-30-28-26-24-22-20-18-16-14-12-10-8-2;/h21-24,45-46H,7-20,25-44H2,1-6H3;1H/q+1;/p-1/b23-21-,24-22-;. The molecule has 0 aliphatic heterocycles. The van der Waals surface area contributed by atoms with Gasteiger partial charge in [0.2, 0.25) is 0 Å². The number of allylic oxidation sites excluding steroid dienone is 4. The number of unbranched alkanes of at least 4 members (excludes halogenated alkanes) is 24. The summed E-state index contributed by atoms with van der Waals surface area (Å²) < 4.78 is 30.4. The monoisotopic (exact) mass is 866 g/mol. The number of likely N-dealkylation sites (N-methyl/N-ethyl adjacent to an activating group) is 1. The molecule has 0 aromatic carbocycles. The molecule has 0 amide bonds. The fourth-order valence-corrected chi connectivity index (χ4v) is 6.20. The van der Waals surface area contributed by atoms with Crippen LogP contribution in [0.25, 0.3) is 0 Å². The molecular formula is C46H92INO5. The number of halogens is 1. The topological polar surface area (TPSA) is 46.2 Å². The van der Waals surface area contributed by atoms with Crippen molar-refractivity contribution in [1.29, 1.82) is 0 Å². The van der Waals surface area contributed by atoms with Crippen LogP contribution in [0, 0.1) is 0 Å². The molecule has 6 nitrogen and oxygen atoms in total. The smallest absolute Gasteiger partial charge is 0.271 e. The van der Waals surface area contributed by atoms with Crippen LogP contribution in [0.4, 0.5) is 0 Å². The number of rotatable bonds is 43. The van der Waals surface area contributed by atoms with Gasteiger partial charge in [0.1, 0.15) is 19.3 Å². The molecule has 0 bridgehead atoms. The summed E-state index contributed by atoms with van der Waals surface area (Å²) in [7, 11) is 8.09. The van der Waals surface area contributed by atoms with E-state index in [1.807, 2.05) is 0 Å². The van der Waals surface area contributed by atoms with E-state index in [9.17, 15) is 0 Å². The van der Waals surface area contributed by atoms with Crippen molar-refractivity contribution in [3.8, 4) is 0 Å².